The monoisotopic (exact) mass is 530 g/mol. The average molecular weight is 531 g/mol. The van der Waals surface area contributed by atoms with Gasteiger partial charge < -0.3 is 14.6 Å². The third kappa shape index (κ3) is 3.43. The Balaban J connectivity index is 1.41. The van der Waals surface area contributed by atoms with E-state index in [1.54, 1.807) is 11.5 Å². The second-order valence-electron chi connectivity index (χ2n) is 12.4. The predicted molar refractivity (Wildman–Crippen MR) is 147 cm³/mol. The number of carbonyl (C=O) groups is 1. The molecule has 2 atom stereocenters. The molecule has 2 fully saturated rings. The molecule has 204 valence electrons. The van der Waals surface area contributed by atoms with Crippen molar-refractivity contribution in [3.63, 3.8) is 0 Å². The highest BCUT2D eigenvalue weighted by molar-refractivity contribution is 5.90. The van der Waals surface area contributed by atoms with Gasteiger partial charge in [-0.2, -0.15) is 0 Å². The van der Waals surface area contributed by atoms with Gasteiger partial charge in [-0.3, -0.25) is 14.5 Å². The van der Waals surface area contributed by atoms with Gasteiger partial charge in [-0.15, -0.1) is 0 Å². The van der Waals surface area contributed by atoms with Crippen LogP contribution < -0.4 is 10.9 Å². The van der Waals surface area contributed by atoms with Gasteiger partial charge in [0.15, 0.2) is 0 Å². The maximum absolute atomic E-state index is 14.8. The number of hydrogen-bond donors (Lipinski definition) is 1. The lowest BCUT2D eigenvalue weighted by molar-refractivity contribution is -0.153. The summed E-state index contributed by atoms with van der Waals surface area (Å²) in [6.45, 7) is 12.5. The van der Waals surface area contributed by atoms with Crippen LogP contribution in [0.5, 0.6) is 0 Å². The quantitative estimate of drug-likeness (QED) is 0.397. The molecule has 0 amide bonds. The van der Waals surface area contributed by atoms with Crippen LogP contribution in [-0.4, -0.2) is 46.6 Å². The minimum atomic E-state index is -0.887. The fourth-order valence-corrected chi connectivity index (χ4v) is 7.28. The molecular weight excluding hydrogens is 495 g/mol. The van der Waals surface area contributed by atoms with Crippen LogP contribution in [0.3, 0.4) is 0 Å². The summed E-state index contributed by atoms with van der Waals surface area (Å²) in [5, 5.41) is 4.40. The summed E-state index contributed by atoms with van der Waals surface area (Å²) in [6.07, 6.45) is 2.86. The van der Waals surface area contributed by atoms with Gasteiger partial charge >= 0.3 is 5.97 Å². The first-order valence-electron chi connectivity index (χ1n) is 14.2. The Morgan fingerprint density at radius 3 is 2.56 bits per heavy atom. The second-order valence-corrected chi connectivity index (χ2v) is 12.4. The summed E-state index contributed by atoms with van der Waals surface area (Å²) in [5.41, 5.74) is 5.48. The fourth-order valence-electron chi connectivity index (χ4n) is 7.28. The average Bonchev–Trinajstić information content (AvgIpc) is 3.28. The van der Waals surface area contributed by atoms with E-state index in [9.17, 15) is 14.0 Å². The number of ether oxygens (including phenoxy) is 1. The molecule has 6 heterocycles. The zero-order chi connectivity index (χ0) is 27.3. The molecule has 4 aliphatic heterocycles. The summed E-state index contributed by atoms with van der Waals surface area (Å²) in [4.78, 5) is 34.2. The van der Waals surface area contributed by atoms with E-state index < -0.39 is 5.41 Å². The maximum atomic E-state index is 14.8. The Bertz CT molecular complexity index is 1610. The molecule has 39 heavy (non-hydrogen) atoms. The Labute approximate surface area is 227 Å². The molecule has 4 aliphatic rings. The van der Waals surface area contributed by atoms with Crippen molar-refractivity contribution in [2.24, 2.45) is 5.41 Å². The van der Waals surface area contributed by atoms with E-state index in [0.717, 1.165) is 53.9 Å². The van der Waals surface area contributed by atoms with Crippen molar-refractivity contribution in [3.05, 3.63) is 62.2 Å². The zero-order valence-electron chi connectivity index (χ0n) is 23.1. The molecule has 2 aromatic heterocycles. The van der Waals surface area contributed by atoms with Gasteiger partial charge in [0, 0.05) is 36.1 Å². The van der Waals surface area contributed by atoms with Crippen molar-refractivity contribution in [3.8, 4) is 11.4 Å². The Hall–Kier alpha value is -3.10. The zero-order valence-corrected chi connectivity index (χ0v) is 23.1. The Kier molecular flexibility index (Phi) is 5.40. The summed E-state index contributed by atoms with van der Waals surface area (Å²) < 4.78 is 22.1. The molecule has 1 aromatic carbocycles. The summed E-state index contributed by atoms with van der Waals surface area (Å²) in [5.74, 6) is -0.587. The second kappa shape index (κ2) is 8.45. The van der Waals surface area contributed by atoms with Crippen LogP contribution in [0.25, 0.3) is 22.3 Å². The number of rotatable bonds is 3. The molecule has 2 saturated heterocycles. The molecule has 0 saturated carbocycles. The van der Waals surface area contributed by atoms with Gasteiger partial charge in [0.25, 0.3) is 5.56 Å². The van der Waals surface area contributed by atoms with Crippen molar-refractivity contribution in [2.45, 2.75) is 71.6 Å². The first-order valence-corrected chi connectivity index (χ1v) is 14.2. The van der Waals surface area contributed by atoms with E-state index >= 15 is 0 Å². The normalized spacial score (nSPS) is 24.2. The molecule has 1 N–H and O–H groups in total. The lowest BCUT2D eigenvalue weighted by Crippen LogP contribution is -2.58. The van der Waals surface area contributed by atoms with Crippen LogP contribution in [0.1, 0.15) is 73.9 Å². The molecular formula is C31H35FN4O3. The van der Waals surface area contributed by atoms with Crippen LogP contribution in [-0.2, 0) is 28.1 Å². The van der Waals surface area contributed by atoms with E-state index in [1.807, 2.05) is 26.0 Å². The molecule has 0 aliphatic carbocycles. The number of esters is 1. The molecule has 1 spiro atoms. The maximum Gasteiger partial charge on any atom is 0.316 e. The molecule has 0 radical (unpaired) electrons. The highest BCUT2D eigenvalue weighted by Gasteiger charge is 2.44. The third-order valence-electron chi connectivity index (χ3n) is 10.3. The highest BCUT2D eigenvalue weighted by atomic mass is 19.1. The van der Waals surface area contributed by atoms with Crippen molar-refractivity contribution < 1.29 is 13.9 Å². The first-order chi connectivity index (χ1) is 18.7. The van der Waals surface area contributed by atoms with Crippen LogP contribution in [0.15, 0.2) is 23.0 Å². The van der Waals surface area contributed by atoms with E-state index in [-0.39, 0.29) is 30.0 Å². The number of hydrogen-bond acceptors (Lipinski definition) is 6. The van der Waals surface area contributed by atoms with Crippen molar-refractivity contribution in [2.75, 3.05) is 26.2 Å². The highest BCUT2D eigenvalue weighted by Crippen LogP contribution is 2.45. The first kappa shape index (κ1) is 24.9. The number of likely N-dealkylation sites (tertiary alicyclic amines) is 1. The van der Waals surface area contributed by atoms with Crippen molar-refractivity contribution >= 4 is 16.9 Å². The number of carbonyl (C=O) groups excluding carboxylic acids is 1. The smallest absolute Gasteiger partial charge is 0.316 e. The number of piperidine rings is 1. The topological polar surface area (TPSA) is 76.5 Å². The van der Waals surface area contributed by atoms with E-state index in [1.165, 1.54) is 18.9 Å². The Morgan fingerprint density at radius 1 is 1.15 bits per heavy atom. The number of fused-ring (bicyclic) bond motifs is 5. The van der Waals surface area contributed by atoms with Gasteiger partial charge in [-0.05, 0) is 87.4 Å². The van der Waals surface area contributed by atoms with Crippen LogP contribution in [0.4, 0.5) is 4.39 Å². The largest absolute Gasteiger partial charge is 0.460 e. The standard InChI is InChI=1S/C31H35FN4O3/c1-5-30(4)22-11-25-27-20(13-36(25)28(37)21(22)14-39-29(30)38)26(19-10-17(2)23(32)12-24(19)34-27)18(3)35-8-6-31(7-9-35)15-33-16-31/h10-12,18,33H,5-9,13-16H2,1-4H3/t18?,30-/m1/s1. The number of halogens is 1. The van der Waals surface area contributed by atoms with E-state index in [2.05, 4.69) is 17.1 Å². The lowest BCUT2D eigenvalue weighted by atomic mass is 9.73. The minimum absolute atomic E-state index is 0.00727. The number of nitrogens with zero attached hydrogens (tertiary/aromatic N) is 3. The van der Waals surface area contributed by atoms with Gasteiger partial charge in [0.2, 0.25) is 0 Å². The van der Waals surface area contributed by atoms with E-state index in [0.29, 0.717) is 40.7 Å². The van der Waals surface area contributed by atoms with Crippen LogP contribution in [0, 0.1) is 18.2 Å². The molecule has 7 nitrogen and oxygen atoms in total. The van der Waals surface area contributed by atoms with Crippen molar-refractivity contribution in [1.29, 1.82) is 0 Å². The lowest BCUT2D eigenvalue weighted by Gasteiger charge is -2.49. The summed E-state index contributed by atoms with van der Waals surface area (Å²) in [6, 6.07) is 5.50. The van der Waals surface area contributed by atoms with Gasteiger partial charge in [0.1, 0.15) is 12.4 Å². The third-order valence-corrected chi connectivity index (χ3v) is 10.3. The number of aromatic nitrogens is 2. The molecule has 0 bridgehead atoms. The summed E-state index contributed by atoms with van der Waals surface area (Å²) in [7, 11) is 0. The number of cyclic esters (lactones) is 1. The Morgan fingerprint density at radius 2 is 1.90 bits per heavy atom. The SMILES string of the molecule is CC[C@@]1(C)C(=O)OCc2c1cc1n(c2=O)Cc2c-1nc1cc(F)c(C)cc1c2C(C)N1CCC2(CC1)CNC2. The number of pyridine rings is 2. The van der Waals surface area contributed by atoms with Crippen LogP contribution >= 0.6 is 0 Å². The van der Waals surface area contributed by atoms with Gasteiger partial charge in [0.05, 0.1) is 34.4 Å². The van der Waals surface area contributed by atoms with Crippen molar-refractivity contribution in [1.82, 2.24) is 19.8 Å². The minimum Gasteiger partial charge on any atom is -0.460 e. The molecule has 1 unspecified atom stereocenters. The van der Waals surface area contributed by atoms with Gasteiger partial charge in [-0.25, -0.2) is 9.37 Å². The molecule has 7 rings (SSSR count). The van der Waals surface area contributed by atoms with E-state index in [4.69, 9.17) is 9.72 Å². The summed E-state index contributed by atoms with van der Waals surface area (Å²) >= 11 is 0. The van der Waals surface area contributed by atoms with Crippen LogP contribution in [0.2, 0.25) is 0 Å². The molecule has 8 heteroatoms. The number of benzene rings is 1. The molecule has 3 aromatic rings. The number of nitrogens with one attached hydrogen (secondary N) is 1. The fraction of sp³-hybridized carbons (Fsp3) is 0.516. The van der Waals surface area contributed by atoms with Gasteiger partial charge in [-0.1, -0.05) is 6.92 Å². The predicted octanol–water partition coefficient (Wildman–Crippen LogP) is 4.34. The number of aryl methyl sites for hydroxylation is 1.